The maximum atomic E-state index is 6.19. The fourth-order valence-electron chi connectivity index (χ4n) is 1.66. The summed E-state index contributed by atoms with van der Waals surface area (Å²) in [6.07, 6.45) is 1.63. The van der Waals surface area contributed by atoms with Gasteiger partial charge in [-0.2, -0.15) is 0 Å². The van der Waals surface area contributed by atoms with Gasteiger partial charge in [-0.15, -0.1) is 0 Å². The molecule has 0 amide bonds. The summed E-state index contributed by atoms with van der Waals surface area (Å²) < 4.78 is 6.90. The topological polar surface area (TPSA) is 34.1 Å². The maximum absolute atomic E-state index is 6.19. The zero-order chi connectivity index (χ0) is 15.5. The Morgan fingerprint density at radius 1 is 1.29 bits per heavy atom. The predicted molar refractivity (Wildman–Crippen MR) is 95.1 cm³/mol. The zero-order valence-electron chi connectivity index (χ0n) is 12.3. The van der Waals surface area contributed by atoms with Crippen molar-refractivity contribution >= 4 is 34.2 Å². The minimum absolute atomic E-state index is 0.0309. The fourth-order valence-corrected chi connectivity index (χ4v) is 2.35. The summed E-state index contributed by atoms with van der Waals surface area (Å²) in [4.78, 5) is 4.22. The highest BCUT2D eigenvalue weighted by molar-refractivity contribution is 14.1. The molecule has 0 radical (unpaired) electrons. The van der Waals surface area contributed by atoms with Crippen LogP contribution in [0.3, 0.4) is 0 Å². The van der Waals surface area contributed by atoms with Crippen LogP contribution in [0.15, 0.2) is 36.5 Å². The molecule has 0 fully saturated rings. The van der Waals surface area contributed by atoms with Gasteiger partial charge in [-0.05, 0) is 67.1 Å². The second kappa shape index (κ2) is 6.94. The van der Waals surface area contributed by atoms with Gasteiger partial charge in [0.25, 0.3) is 0 Å². The number of ether oxygens (including phenoxy) is 1. The van der Waals surface area contributed by atoms with Crippen LogP contribution in [0.5, 0.6) is 11.6 Å². The number of pyridine rings is 1. The van der Waals surface area contributed by atoms with E-state index < -0.39 is 0 Å². The number of halogens is 2. The molecule has 21 heavy (non-hydrogen) atoms. The van der Waals surface area contributed by atoms with Crippen molar-refractivity contribution in [2.24, 2.45) is 0 Å². The van der Waals surface area contributed by atoms with Crippen LogP contribution >= 0.6 is 34.2 Å². The van der Waals surface area contributed by atoms with Gasteiger partial charge in [0, 0.05) is 27.9 Å². The van der Waals surface area contributed by atoms with Crippen molar-refractivity contribution in [3.63, 3.8) is 0 Å². The highest BCUT2D eigenvalue weighted by Gasteiger charge is 2.11. The van der Waals surface area contributed by atoms with E-state index in [0.717, 1.165) is 14.9 Å². The highest BCUT2D eigenvalue weighted by atomic mass is 127. The first-order valence-electron chi connectivity index (χ1n) is 6.66. The van der Waals surface area contributed by atoms with Gasteiger partial charge in [0.05, 0.1) is 5.02 Å². The summed E-state index contributed by atoms with van der Waals surface area (Å²) in [6, 6.07) is 9.72. The van der Waals surface area contributed by atoms with E-state index in [1.807, 2.05) is 30.3 Å². The van der Waals surface area contributed by atoms with Crippen LogP contribution in [0.1, 0.15) is 26.3 Å². The average Bonchev–Trinajstić information content (AvgIpc) is 2.38. The molecule has 0 spiro atoms. The number of hydrogen-bond donors (Lipinski definition) is 1. The van der Waals surface area contributed by atoms with Crippen LogP contribution in [-0.4, -0.2) is 10.5 Å². The van der Waals surface area contributed by atoms with Crippen molar-refractivity contribution in [3.8, 4) is 11.6 Å². The van der Waals surface area contributed by atoms with Gasteiger partial charge in [-0.3, -0.25) is 0 Å². The van der Waals surface area contributed by atoms with Crippen LogP contribution in [0, 0.1) is 3.57 Å². The Kier molecular flexibility index (Phi) is 5.46. The standard InChI is InChI=1S/C16H18ClIN2O/c1-16(2,3)20-9-11-7-15(19-10-14(11)17)21-13-6-4-5-12(18)8-13/h4-8,10,20H,9H2,1-3H3. The van der Waals surface area contributed by atoms with E-state index >= 15 is 0 Å². The summed E-state index contributed by atoms with van der Waals surface area (Å²) in [5.74, 6) is 1.32. The molecule has 0 aliphatic heterocycles. The van der Waals surface area contributed by atoms with E-state index in [-0.39, 0.29) is 5.54 Å². The molecule has 2 rings (SSSR count). The van der Waals surface area contributed by atoms with Gasteiger partial charge < -0.3 is 10.1 Å². The average molecular weight is 417 g/mol. The first-order valence-corrected chi connectivity index (χ1v) is 8.12. The lowest BCUT2D eigenvalue weighted by Crippen LogP contribution is -2.35. The normalized spacial score (nSPS) is 11.5. The second-order valence-corrected chi connectivity index (χ2v) is 7.43. The quantitative estimate of drug-likeness (QED) is 0.711. The van der Waals surface area contributed by atoms with Gasteiger partial charge >= 0.3 is 0 Å². The fraction of sp³-hybridized carbons (Fsp3) is 0.312. The molecule has 0 unspecified atom stereocenters. The van der Waals surface area contributed by atoms with Gasteiger partial charge in [-0.1, -0.05) is 17.7 Å². The minimum Gasteiger partial charge on any atom is -0.439 e. The number of aromatic nitrogens is 1. The number of nitrogens with zero attached hydrogens (tertiary/aromatic N) is 1. The van der Waals surface area contributed by atoms with Crippen molar-refractivity contribution in [3.05, 3.63) is 50.7 Å². The largest absolute Gasteiger partial charge is 0.439 e. The highest BCUT2D eigenvalue weighted by Crippen LogP contribution is 2.25. The SMILES string of the molecule is CC(C)(C)NCc1cc(Oc2cccc(I)c2)ncc1Cl. The van der Waals surface area contributed by atoms with Crippen LogP contribution < -0.4 is 10.1 Å². The van der Waals surface area contributed by atoms with Crippen molar-refractivity contribution < 1.29 is 4.74 Å². The molecular weight excluding hydrogens is 399 g/mol. The van der Waals surface area contributed by atoms with E-state index in [1.54, 1.807) is 6.20 Å². The number of nitrogens with one attached hydrogen (secondary N) is 1. The van der Waals surface area contributed by atoms with Crippen LogP contribution in [0.25, 0.3) is 0 Å². The molecule has 0 bridgehead atoms. The maximum Gasteiger partial charge on any atom is 0.219 e. The van der Waals surface area contributed by atoms with Gasteiger partial charge in [0.1, 0.15) is 5.75 Å². The molecule has 0 saturated heterocycles. The third-order valence-electron chi connectivity index (χ3n) is 2.74. The first kappa shape index (κ1) is 16.5. The molecule has 5 heteroatoms. The van der Waals surface area contributed by atoms with Crippen molar-refractivity contribution in [1.29, 1.82) is 0 Å². The Morgan fingerprint density at radius 2 is 2.05 bits per heavy atom. The Bertz CT molecular complexity index is 626. The predicted octanol–water partition coefficient (Wildman–Crippen LogP) is 5.02. The van der Waals surface area contributed by atoms with Gasteiger partial charge in [0.15, 0.2) is 0 Å². The summed E-state index contributed by atoms with van der Waals surface area (Å²) >= 11 is 8.44. The van der Waals surface area contributed by atoms with Crippen LogP contribution in [0.4, 0.5) is 0 Å². The van der Waals surface area contributed by atoms with Crippen LogP contribution in [-0.2, 0) is 6.54 Å². The molecule has 1 N–H and O–H groups in total. The third-order valence-corrected chi connectivity index (χ3v) is 3.75. The Balaban J connectivity index is 2.14. The third kappa shape index (κ3) is 5.45. The van der Waals surface area contributed by atoms with E-state index in [9.17, 15) is 0 Å². The molecule has 112 valence electrons. The molecule has 0 aliphatic carbocycles. The molecule has 0 aliphatic rings. The van der Waals surface area contributed by atoms with E-state index in [4.69, 9.17) is 16.3 Å². The van der Waals surface area contributed by atoms with Gasteiger partial charge in [0.2, 0.25) is 5.88 Å². The van der Waals surface area contributed by atoms with E-state index in [0.29, 0.717) is 17.4 Å². The van der Waals surface area contributed by atoms with E-state index in [2.05, 4.69) is 53.7 Å². The van der Waals surface area contributed by atoms with E-state index in [1.165, 1.54) is 0 Å². The summed E-state index contributed by atoms with van der Waals surface area (Å²) in [5.41, 5.74) is 1.01. The Morgan fingerprint density at radius 3 is 2.71 bits per heavy atom. The molecule has 0 atom stereocenters. The zero-order valence-corrected chi connectivity index (χ0v) is 15.2. The Labute approximate surface area is 144 Å². The number of rotatable bonds is 4. The molecule has 1 aromatic heterocycles. The minimum atomic E-state index is 0.0309. The van der Waals surface area contributed by atoms with Crippen molar-refractivity contribution in [1.82, 2.24) is 10.3 Å². The van der Waals surface area contributed by atoms with Gasteiger partial charge in [-0.25, -0.2) is 4.98 Å². The van der Waals surface area contributed by atoms with Crippen molar-refractivity contribution in [2.45, 2.75) is 32.9 Å². The van der Waals surface area contributed by atoms with Crippen molar-refractivity contribution in [2.75, 3.05) is 0 Å². The lowest BCUT2D eigenvalue weighted by Gasteiger charge is -2.21. The summed E-state index contributed by atoms with van der Waals surface area (Å²) in [7, 11) is 0. The molecule has 1 aromatic carbocycles. The molecule has 1 heterocycles. The second-order valence-electron chi connectivity index (χ2n) is 5.78. The monoisotopic (exact) mass is 416 g/mol. The smallest absolute Gasteiger partial charge is 0.219 e. The molecular formula is C16H18ClIN2O. The lowest BCUT2D eigenvalue weighted by molar-refractivity contribution is 0.422. The molecule has 0 saturated carbocycles. The summed E-state index contributed by atoms with van der Waals surface area (Å²) in [5, 5.41) is 4.05. The molecule has 3 nitrogen and oxygen atoms in total. The molecule has 2 aromatic rings. The number of hydrogen-bond acceptors (Lipinski definition) is 3. The lowest BCUT2D eigenvalue weighted by atomic mass is 10.1. The first-order chi connectivity index (χ1) is 9.83. The van der Waals surface area contributed by atoms with Crippen LogP contribution in [0.2, 0.25) is 5.02 Å². The Hall–Kier alpha value is -0.850. The summed E-state index contributed by atoms with van der Waals surface area (Å²) in [6.45, 7) is 7.02. The number of benzene rings is 1.